The van der Waals surface area contributed by atoms with Gasteiger partial charge in [-0.05, 0) is 18.8 Å². The van der Waals surface area contributed by atoms with Gasteiger partial charge in [0.15, 0.2) is 0 Å². The van der Waals surface area contributed by atoms with Gasteiger partial charge in [-0.15, -0.1) is 0 Å². The Hall–Kier alpha value is -1.26. The molecule has 0 radical (unpaired) electrons. The van der Waals surface area contributed by atoms with Crippen molar-refractivity contribution in [2.24, 2.45) is 5.92 Å². The van der Waals surface area contributed by atoms with Crippen LogP contribution in [-0.2, 0) is 4.79 Å². The van der Waals surface area contributed by atoms with Gasteiger partial charge in [0, 0.05) is 6.54 Å². The maximum absolute atomic E-state index is 11.3. The molecule has 1 rings (SSSR count). The Morgan fingerprint density at radius 1 is 1.44 bits per heavy atom. The zero-order valence-electron chi connectivity index (χ0n) is 9.66. The lowest BCUT2D eigenvalue weighted by atomic mass is 9.83. The zero-order chi connectivity index (χ0) is 12.0. The summed E-state index contributed by atoms with van der Waals surface area (Å²) >= 11 is 0. The summed E-state index contributed by atoms with van der Waals surface area (Å²) in [6.45, 7) is 2.36. The molecular weight excluding hydrogens is 208 g/mol. The van der Waals surface area contributed by atoms with Crippen molar-refractivity contribution in [2.75, 3.05) is 6.54 Å². The molecule has 0 aromatic heterocycles. The molecule has 5 heteroatoms. The smallest absolute Gasteiger partial charge is 0.326 e. The van der Waals surface area contributed by atoms with Gasteiger partial charge in [-0.25, -0.2) is 9.59 Å². The van der Waals surface area contributed by atoms with Gasteiger partial charge < -0.3 is 15.7 Å². The predicted octanol–water partition coefficient (Wildman–Crippen LogP) is 1.34. The summed E-state index contributed by atoms with van der Waals surface area (Å²) in [5.74, 6) is -0.238. The van der Waals surface area contributed by atoms with Crippen LogP contribution in [0.15, 0.2) is 0 Å². The first kappa shape index (κ1) is 12.8. The predicted molar refractivity (Wildman–Crippen MR) is 60.2 cm³/mol. The van der Waals surface area contributed by atoms with Crippen LogP contribution in [0.2, 0.25) is 0 Å². The van der Waals surface area contributed by atoms with Gasteiger partial charge in [-0.1, -0.05) is 26.2 Å². The average Bonchev–Trinajstić information content (AvgIpc) is 2.17. The Bertz CT molecular complexity index is 252. The van der Waals surface area contributed by atoms with Crippen LogP contribution >= 0.6 is 0 Å². The van der Waals surface area contributed by atoms with E-state index in [4.69, 9.17) is 5.11 Å². The number of carboxylic acids is 1. The molecule has 5 nitrogen and oxygen atoms in total. The molecule has 1 saturated carbocycles. The third-order valence-corrected chi connectivity index (χ3v) is 3.07. The molecule has 92 valence electrons. The molecule has 0 saturated heterocycles. The molecule has 2 amide bonds. The lowest BCUT2D eigenvalue weighted by Gasteiger charge is -2.25. The molecule has 1 fully saturated rings. The van der Waals surface area contributed by atoms with Gasteiger partial charge in [-0.2, -0.15) is 0 Å². The fourth-order valence-electron chi connectivity index (χ4n) is 1.72. The second kappa shape index (κ2) is 6.35. The van der Waals surface area contributed by atoms with E-state index in [1.165, 1.54) is 19.3 Å². The summed E-state index contributed by atoms with van der Waals surface area (Å²) in [6.07, 6.45) is 5.21. The first-order valence-corrected chi connectivity index (χ1v) is 5.90. The van der Waals surface area contributed by atoms with Gasteiger partial charge in [0.25, 0.3) is 0 Å². The number of hydrogen-bond donors (Lipinski definition) is 3. The van der Waals surface area contributed by atoms with Crippen LogP contribution in [0.4, 0.5) is 4.79 Å². The summed E-state index contributed by atoms with van der Waals surface area (Å²) in [5.41, 5.74) is 0. The average molecular weight is 228 g/mol. The van der Waals surface area contributed by atoms with Crippen LogP contribution in [0.25, 0.3) is 0 Å². The number of carbonyl (C=O) groups excluding carboxylic acids is 1. The largest absolute Gasteiger partial charge is 0.480 e. The van der Waals surface area contributed by atoms with Gasteiger partial charge in [0.1, 0.15) is 6.04 Å². The molecule has 0 heterocycles. The second-order valence-electron chi connectivity index (χ2n) is 4.28. The third-order valence-electron chi connectivity index (χ3n) is 3.07. The van der Waals surface area contributed by atoms with E-state index in [-0.39, 0.29) is 6.03 Å². The summed E-state index contributed by atoms with van der Waals surface area (Å²) in [6, 6.07) is -1.17. The van der Waals surface area contributed by atoms with E-state index in [0.29, 0.717) is 13.0 Å². The fourth-order valence-corrected chi connectivity index (χ4v) is 1.72. The number of rotatable bonds is 6. The lowest BCUT2D eigenvalue weighted by molar-refractivity contribution is -0.139. The number of carbonyl (C=O) groups is 2. The van der Waals surface area contributed by atoms with Crippen LogP contribution in [0, 0.1) is 5.92 Å². The number of aliphatic carboxylic acids is 1. The van der Waals surface area contributed by atoms with Gasteiger partial charge >= 0.3 is 12.0 Å². The van der Waals surface area contributed by atoms with Crippen molar-refractivity contribution in [1.82, 2.24) is 10.6 Å². The van der Waals surface area contributed by atoms with Crippen LogP contribution in [0.3, 0.4) is 0 Å². The zero-order valence-corrected chi connectivity index (χ0v) is 9.66. The molecular formula is C11H20N2O3. The molecule has 1 aliphatic rings. The van der Waals surface area contributed by atoms with Crippen molar-refractivity contribution in [2.45, 2.75) is 45.1 Å². The minimum absolute atomic E-state index is 0.381. The van der Waals surface area contributed by atoms with Crippen molar-refractivity contribution < 1.29 is 14.7 Å². The van der Waals surface area contributed by atoms with E-state index in [9.17, 15) is 9.59 Å². The Morgan fingerprint density at radius 3 is 2.56 bits per heavy atom. The molecule has 0 aliphatic heterocycles. The van der Waals surface area contributed by atoms with Crippen LogP contribution < -0.4 is 10.6 Å². The topological polar surface area (TPSA) is 78.4 Å². The van der Waals surface area contributed by atoms with Gasteiger partial charge in [0.2, 0.25) is 0 Å². The summed E-state index contributed by atoms with van der Waals surface area (Å²) in [7, 11) is 0. The Balaban J connectivity index is 2.11. The highest BCUT2D eigenvalue weighted by molar-refractivity contribution is 5.82. The van der Waals surface area contributed by atoms with Crippen molar-refractivity contribution >= 4 is 12.0 Å². The lowest BCUT2D eigenvalue weighted by Crippen LogP contribution is -2.46. The highest BCUT2D eigenvalue weighted by Crippen LogP contribution is 2.28. The molecule has 1 atom stereocenters. The maximum Gasteiger partial charge on any atom is 0.326 e. The number of amides is 2. The normalized spacial score (nSPS) is 17.3. The van der Waals surface area contributed by atoms with E-state index < -0.39 is 12.0 Å². The summed E-state index contributed by atoms with van der Waals surface area (Å²) in [4.78, 5) is 22.0. The molecule has 16 heavy (non-hydrogen) atoms. The molecule has 0 spiro atoms. The van der Waals surface area contributed by atoms with E-state index in [0.717, 1.165) is 12.3 Å². The second-order valence-corrected chi connectivity index (χ2v) is 4.28. The highest BCUT2D eigenvalue weighted by Gasteiger charge is 2.19. The number of nitrogens with one attached hydrogen (secondary N) is 2. The SMILES string of the molecule is CCC(NC(=O)NCCC1CCC1)C(=O)O. The van der Waals surface area contributed by atoms with Gasteiger partial charge in [-0.3, -0.25) is 0 Å². The molecule has 0 bridgehead atoms. The quantitative estimate of drug-likeness (QED) is 0.642. The molecule has 1 aliphatic carbocycles. The van der Waals surface area contributed by atoms with Crippen molar-refractivity contribution in [1.29, 1.82) is 0 Å². The molecule has 0 aromatic rings. The first-order chi connectivity index (χ1) is 7.63. The Labute approximate surface area is 95.6 Å². The molecule has 0 aromatic carbocycles. The number of carboxylic acid groups (broad SMARTS) is 1. The third kappa shape index (κ3) is 4.08. The first-order valence-electron chi connectivity index (χ1n) is 5.90. The van der Waals surface area contributed by atoms with Crippen molar-refractivity contribution in [3.05, 3.63) is 0 Å². The van der Waals surface area contributed by atoms with E-state index in [1.54, 1.807) is 6.92 Å². The molecule has 3 N–H and O–H groups in total. The number of urea groups is 1. The van der Waals surface area contributed by atoms with Crippen LogP contribution in [0.1, 0.15) is 39.0 Å². The monoisotopic (exact) mass is 228 g/mol. The standard InChI is InChI=1S/C11H20N2O3/c1-2-9(10(14)15)13-11(16)12-7-6-8-4-3-5-8/h8-9H,2-7H2,1H3,(H,14,15)(H2,12,13,16). The Morgan fingerprint density at radius 2 is 2.12 bits per heavy atom. The minimum atomic E-state index is -0.989. The van der Waals surface area contributed by atoms with E-state index >= 15 is 0 Å². The van der Waals surface area contributed by atoms with E-state index in [1.807, 2.05) is 0 Å². The van der Waals surface area contributed by atoms with Crippen LogP contribution in [0.5, 0.6) is 0 Å². The van der Waals surface area contributed by atoms with E-state index in [2.05, 4.69) is 10.6 Å². The van der Waals surface area contributed by atoms with Crippen molar-refractivity contribution in [3.63, 3.8) is 0 Å². The molecule has 1 unspecified atom stereocenters. The Kier molecular flexibility index (Phi) is 5.08. The van der Waals surface area contributed by atoms with Crippen molar-refractivity contribution in [3.8, 4) is 0 Å². The fraction of sp³-hybridized carbons (Fsp3) is 0.818. The highest BCUT2D eigenvalue weighted by atomic mass is 16.4. The maximum atomic E-state index is 11.3. The summed E-state index contributed by atoms with van der Waals surface area (Å²) < 4.78 is 0. The van der Waals surface area contributed by atoms with Gasteiger partial charge in [0.05, 0.1) is 0 Å². The summed E-state index contributed by atoms with van der Waals surface area (Å²) in [5, 5.41) is 13.9. The van der Waals surface area contributed by atoms with Crippen LogP contribution in [-0.4, -0.2) is 29.7 Å². The minimum Gasteiger partial charge on any atom is -0.480 e. The number of hydrogen-bond acceptors (Lipinski definition) is 2.